The Balaban J connectivity index is 2.31. The van der Waals surface area contributed by atoms with Gasteiger partial charge in [-0.25, -0.2) is 0 Å². The monoisotopic (exact) mass is 123 g/mol. The Labute approximate surface area is 56.8 Å². The molecule has 0 bridgehead atoms. The Kier molecular flexibility index (Phi) is 2.13. The maximum Gasteiger partial charge on any atom is 0.0689 e. The molecule has 1 fully saturated rings. The Bertz CT molecular complexity index is 123. The molecule has 0 aromatic rings. The first kappa shape index (κ1) is 6.64. The van der Waals surface area contributed by atoms with E-state index in [1.54, 1.807) is 0 Å². The summed E-state index contributed by atoms with van der Waals surface area (Å²) in [5.74, 6) is 2.72. The largest absolute Gasteiger partial charge is 0.301 e. The molecule has 0 saturated carbocycles. The molecule has 1 nitrogen and oxygen atoms in total. The molecule has 1 saturated heterocycles. The summed E-state index contributed by atoms with van der Waals surface area (Å²) in [6, 6.07) is 1.04. The molecule has 0 radical (unpaired) electrons. The Morgan fingerprint density at radius 1 is 1.67 bits per heavy atom. The van der Waals surface area contributed by atoms with Crippen molar-refractivity contribution in [2.75, 3.05) is 0 Å². The van der Waals surface area contributed by atoms with E-state index in [2.05, 4.69) is 18.2 Å². The van der Waals surface area contributed by atoms with Gasteiger partial charge in [-0.1, -0.05) is 12.8 Å². The van der Waals surface area contributed by atoms with Crippen LogP contribution in [0.15, 0.2) is 0 Å². The van der Waals surface area contributed by atoms with Crippen LogP contribution in [0, 0.1) is 12.3 Å². The molecule has 1 aliphatic heterocycles. The van der Waals surface area contributed by atoms with Crippen LogP contribution in [0.2, 0.25) is 0 Å². The Morgan fingerprint density at radius 2 is 2.44 bits per heavy atom. The van der Waals surface area contributed by atoms with Crippen molar-refractivity contribution in [2.24, 2.45) is 0 Å². The van der Waals surface area contributed by atoms with E-state index >= 15 is 0 Å². The third-order valence-corrected chi connectivity index (χ3v) is 1.93. The molecule has 0 aromatic carbocycles. The summed E-state index contributed by atoms with van der Waals surface area (Å²) >= 11 is 0. The molecule has 0 aliphatic carbocycles. The lowest BCUT2D eigenvalue weighted by atomic mass is 10.2. The van der Waals surface area contributed by atoms with Crippen LogP contribution in [-0.2, 0) is 0 Å². The third kappa shape index (κ3) is 1.46. The highest BCUT2D eigenvalue weighted by Crippen LogP contribution is 2.13. The molecule has 1 heteroatoms. The van der Waals surface area contributed by atoms with Crippen molar-refractivity contribution in [1.29, 1.82) is 0 Å². The summed E-state index contributed by atoms with van der Waals surface area (Å²) < 4.78 is 0. The first-order chi connectivity index (χ1) is 4.36. The van der Waals surface area contributed by atoms with E-state index in [0.717, 1.165) is 6.42 Å². The molecule has 1 aliphatic rings. The van der Waals surface area contributed by atoms with E-state index in [9.17, 15) is 0 Å². The van der Waals surface area contributed by atoms with Crippen LogP contribution in [0.25, 0.3) is 0 Å². The van der Waals surface area contributed by atoms with Crippen LogP contribution >= 0.6 is 0 Å². The molecule has 50 valence electrons. The van der Waals surface area contributed by atoms with Crippen LogP contribution in [0.3, 0.4) is 0 Å². The third-order valence-electron chi connectivity index (χ3n) is 1.93. The summed E-state index contributed by atoms with van der Waals surface area (Å²) in [6.07, 6.45) is 8.86. The van der Waals surface area contributed by atoms with Gasteiger partial charge in [0, 0.05) is 6.04 Å². The van der Waals surface area contributed by atoms with Crippen LogP contribution in [0.1, 0.15) is 26.2 Å². The zero-order chi connectivity index (χ0) is 6.69. The zero-order valence-electron chi connectivity index (χ0n) is 5.85. The van der Waals surface area contributed by atoms with Crippen molar-refractivity contribution < 1.29 is 0 Å². The van der Waals surface area contributed by atoms with Gasteiger partial charge in [0.25, 0.3) is 0 Å². The van der Waals surface area contributed by atoms with Gasteiger partial charge >= 0.3 is 0 Å². The van der Waals surface area contributed by atoms with Crippen LogP contribution in [0.4, 0.5) is 0 Å². The standard InChI is InChI=1S/C8H13N/c1-3-7-5-6-8(4-2)9-7/h1,7-9H,4-6H2,2H3. The fourth-order valence-electron chi connectivity index (χ4n) is 1.27. The van der Waals surface area contributed by atoms with Gasteiger partial charge in [-0.05, 0) is 19.3 Å². The van der Waals surface area contributed by atoms with Gasteiger partial charge in [0.2, 0.25) is 0 Å². The fraction of sp³-hybridized carbons (Fsp3) is 0.750. The predicted molar refractivity (Wildman–Crippen MR) is 39.1 cm³/mol. The Morgan fingerprint density at radius 3 is 2.78 bits per heavy atom. The predicted octanol–water partition coefficient (Wildman–Crippen LogP) is 1.15. The molecule has 9 heavy (non-hydrogen) atoms. The van der Waals surface area contributed by atoms with E-state index in [-0.39, 0.29) is 0 Å². The SMILES string of the molecule is C#CC1CCC(CC)N1. The Hall–Kier alpha value is -0.480. The number of hydrogen-bond donors (Lipinski definition) is 1. The first-order valence-corrected chi connectivity index (χ1v) is 3.59. The topological polar surface area (TPSA) is 12.0 Å². The van der Waals surface area contributed by atoms with Crippen molar-refractivity contribution in [3.63, 3.8) is 0 Å². The summed E-state index contributed by atoms with van der Waals surface area (Å²) in [6.45, 7) is 2.19. The molecule has 1 rings (SSSR count). The molecule has 0 amide bonds. The van der Waals surface area contributed by atoms with Crippen LogP contribution in [0.5, 0.6) is 0 Å². The van der Waals surface area contributed by atoms with Crippen molar-refractivity contribution in [2.45, 2.75) is 38.3 Å². The molecule has 2 unspecified atom stereocenters. The average molecular weight is 123 g/mol. The van der Waals surface area contributed by atoms with Crippen LogP contribution < -0.4 is 5.32 Å². The highest BCUT2D eigenvalue weighted by molar-refractivity contribution is 5.03. The van der Waals surface area contributed by atoms with E-state index in [4.69, 9.17) is 6.42 Å². The molecular formula is C8H13N. The average Bonchev–Trinajstić information content (AvgIpc) is 2.34. The molecular weight excluding hydrogens is 110 g/mol. The van der Waals surface area contributed by atoms with Crippen LogP contribution in [-0.4, -0.2) is 12.1 Å². The lowest BCUT2D eigenvalue weighted by Gasteiger charge is -2.05. The summed E-state index contributed by atoms with van der Waals surface area (Å²) in [5, 5.41) is 3.35. The van der Waals surface area contributed by atoms with Crippen molar-refractivity contribution in [3.05, 3.63) is 0 Å². The van der Waals surface area contributed by atoms with Gasteiger partial charge in [0.15, 0.2) is 0 Å². The summed E-state index contributed by atoms with van der Waals surface area (Å²) in [7, 11) is 0. The van der Waals surface area contributed by atoms with Gasteiger partial charge in [-0.2, -0.15) is 0 Å². The minimum Gasteiger partial charge on any atom is -0.301 e. The second kappa shape index (κ2) is 2.89. The van der Waals surface area contributed by atoms with Gasteiger partial charge < -0.3 is 5.32 Å². The molecule has 1 heterocycles. The molecule has 2 atom stereocenters. The normalized spacial score (nSPS) is 34.2. The fourth-order valence-corrected chi connectivity index (χ4v) is 1.27. The number of nitrogens with one attached hydrogen (secondary N) is 1. The van der Waals surface area contributed by atoms with Gasteiger partial charge in [-0.15, -0.1) is 6.42 Å². The van der Waals surface area contributed by atoms with Gasteiger partial charge in [0.1, 0.15) is 0 Å². The van der Waals surface area contributed by atoms with Gasteiger partial charge in [0.05, 0.1) is 6.04 Å². The molecule has 1 N–H and O–H groups in total. The smallest absolute Gasteiger partial charge is 0.0689 e. The number of terminal acetylenes is 1. The number of rotatable bonds is 1. The summed E-state index contributed by atoms with van der Waals surface area (Å²) in [5.41, 5.74) is 0. The number of hydrogen-bond acceptors (Lipinski definition) is 1. The second-order valence-electron chi connectivity index (χ2n) is 2.57. The second-order valence-corrected chi connectivity index (χ2v) is 2.57. The first-order valence-electron chi connectivity index (χ1n) is 3.59. The minimum atomic E-state index is 0.356. The lowest BCUT2D eigenvalue weighted by molar-refractivity contribution is 0.570. The van der Waals surface area contributed by atoms with Crippen molar-refractivity contribution >= 4 is 0 Å². The molecule has 0 aromatic heterocycles. The van der Waals surface area contributed by atoms with Crippen molar-refractivity contribution in [1.82, 2.24) is 5.32 Å². The van der Waals surface area contributed by atoms with Crippen molar-refractivity contribution in [3.8, 4) is 12.3 Å². The highest BCUT2D eigenvalue weighted by Gasteiger charge is 2.19. The highest BCUT2D eigenvalue weighted by atomic mass is 15.0. The zero-order valence-corrected chi connectivity index (χ0v) is 5.85. The molecule has 0 spiro atoms. The summed E-state index contributed by atoms with van der Waals surface area (Å²) in [4.78, 5) is 0. The quantitative estimate of drug-likeness (QED) is 0.516. The van der Waals surface area contributed by atoms with E-state index in [1.807, 2.05) is 0 Å². The maximum absolute atomic E-state index is 5.24. The maximum atomic E-state index is 5.24. The van der Waals surface area contributed by atoms with E-state index in [1.165, 1.54) is 12.8 Å². The lowest BCUT2D eigenvalue weighted by Crippen LogP contribution is -2.27. The van der Waals surface area contributed by atoms with E-state index in [0.29, 0.717) is 12.1 Å². The minimum absolute atomic E-state index is 0.356. The van der Waals surface area contributed by atoms with E-state index < -0.39 is 0 Å². The van der Waals surface area contributed by atoms with Gasteiger partial charge in [-0.3, -0.25) is 0 Å².